The molecule has 226 valence electrons. The quantitative estimate of drug-likeness (QED) is 0.207. The molecule has 0 saturated heterocycles. The predicted molar refractivity (Wildman–Crippen MR) is 171 cm³/mol. The van der Waals surface area contributed by atoms with Crippen molar-refractivity contribution in [1.82, 2.24) is 4.90 Å². The number of nitrogens with zero attached hydrogens (tertiary/aromatic N) is 1. The van der Waals surface area contributed by atoms with E-state index in [1.807, 2.05) is 45.0 Å². The second-order valence-corrected chi connectivity index (χ2v) is 13.0. The smallest absolute Gasteiger partial charge is 0.323 e. The number of hydrogen-bond acceptors (Lipinski definition) is 6. The molecule has 10 nitrogen and oxygen atoms in total. The maximum absolute atomic E-state index is 13.3. The van der Waals surface area contributed by atoms with Crippen LogP contribution in [0.15, 0.2) is 72.8 Å². The number of sulfonamides is 1. The van der Waals surface area contributed by atoms with Crippen LogP contribution in [-0.4, -0.2) is 52.7 Å². The first-order chi connectivity index (χ1) is 20.2. The van der Waals surface area contributed by atoms with Crippen molar-refractivity contribution < 1.29 is 27.5 Å². The molecule has 11 heteroatoms. The Morgan fingerprint density at radius 2 is 1.47 bits per heavy atom. The van der Waals surface area contributed by atoms with Gasteiger partial charge in [-0.3, -0.25) is 9.52 Å². The highest BCUT2D eigenvalue weighted by molar-refractivity contribution is 7.92. The third-order valence-electron chi connectivity index (χ3n) is 6.55. The Morgan fingerprint density at radius 3 is 2.09 bits per heavy atom. The van der Waals surface area contributed by atoms with Gasteiger partial charge in [0.25, 0.3) is 5.91 Å². The molecule has 0 aliphatic rings. The summed E-state index contributed by atoms with van der Waals surface area (Å²) in [5.41, 5.74) is 1.99. The van der Waals surface area contributed by atoms with Crippen molar-refractivity contribution in [2.45, 2.75) is 26.2 Å². The van der Waals surface area contributed by atoms with Gasteiger partial charge >= 0.3 is 6.03 Å². The second-order valence-electron chi connectivity index (χ2n) is 11.3. The number of urea groups is 1. The Morgan fingerprint density at radius 1 is 0.814 bits per heavy atom. The van der Waals surface area contributed by atoms with Crippen LogP contribution >= 0.6 is 0 Å². The van der Waals surface area contributed by atoms with Gasteiger partial charge in [0.05, 0.1) is 30.4 Å². The Bertz CT molecular complexity index is 1800. The fraction of sp³-hybridized carbons (Fsp3) is 0.250. The number of carbonyl (C=O) groups excluding carboxylic acids is 2. The largest absolute Gasteiger partial charge is 0.492 e. The van der Waals surface area contributed by atoms with Crippen LogP contribution in [0.5, 0.6) is 17.2 Å². The SMILES string of the molecule is COc1c(NC(=O)Nc2ccc(Oc3cccc(C(=O)N(C)C)c3)c3ccccc23)cc(C(C)(C)C)cc1NS(C)(=O)=O. The summed E-state index contributed by atoms with van der Waals surface area (Å²) in [5.74, 6) is 1.09. The first kappa shape index (κ1) is 31.2. The summed E-state index contributed by atoms with van der Waals surface area (Å²) in [6.07, 6.45) is 1.05. The molecule has 0 spiro atoms. The van der Waals surface area contributed by atoms with E-state index < -0.39 is 16.1 Å². The minimum atomic E-state index is -3.62. The molecule has 0 radical (unpaired) electrons. The first-order valence-electron chi connectivity index (χ1n) is 13.5. The summed E-state index contributed by atoms with van der Waals surface area (Å²) in [6.45, 7) is 5.94. The summed E-state index contributed by atoms with van der Waals surface area (Å²) in [4.78, 5) is 27.2. The van der Waals surface area contributed by atoms with Gasteiger partial charge in [0.2, 0.25) is 10.0 Å². The van der Waals surface area contributed by atoms with Crippen molar-refractivity contribution in [2.75, 3.05) is 42.8 Å². The molecule has 0 fully saturated rings. The normalized spacial score (nSPS) is 11.5. The lowest BCUT2D eigenvalue weighted by atomic mass is 9.86. The average molecular weight is 605 g/mol. The monoisotopic (exact) mass is 604 g/mol. The number of benzene rings is 4. The number of methoxy groups -OCH3 is 1. The highest BCUT2D eigenvalue weighted by Crippen LogP contribution is 2.40. The summed E-state index contributed by atoms with van der Waals surface area (Å²) < 4.78 is 38.3. The van der Waals surface area contributed by atoms with Gasteiger partial charge in [-0.05, 0) is 53.4 Å². The molecule has 0 saturated carbocycles. The van der Waals surface area contributed by atoms with Gasteiger partial charge in [-0.2, -0.15) is 0 Å². The van der Waals surface area contributed by atoms with Crippen molar-refractivity contribution in [3.05, 3.63) is 83.9 Å². The molecular weight excluding hydrogens is 568 g/mol. The molecule has 43 heavy (non-hydrogen) atoms. The van der Waals surface area contributed by atoms with Crippen molar-refractivity contribution in [2.24, 2.45) is 0 Å². The van der Waals surface area contributed by atoms with Gasteiger partial charge in [0.1, 0.15) is 11.5 Å². The van der Waals surface area contributed by atoms with Crippen LogP contribution < -0.4 is 24.8 Å². The number of anilines is 3. The van der Waals surface area contributed by atoms with E-state index in [0.717, 1.165) is 22.6 Å². The van der Waals surface area contributed by atoms with Gasteiger partial charge in [-0.1, -0.05) is 51.1 Å². The summed E-state index contributed by atoms with van der Waals surface area (Å²) in [6, 6.07) is 20.8. The lowest BCUT2D eigenvalue weighted by molar-refractivity contribution is 0.0827. The van der Waals surface area contributed by atoms with Crippen LogP contribution in [0.1, 0.15) is 36.7 Å². The molecule has 4 rings (SSSR count). The number of rotatable bonds is 8. The van der Waals surface area contributed by atoms with Crippen LogP contribution in [-0.2, 0) is 15.4 Å². The van der Waals surface area contributed by atoms with Crippen LogP contribution in [0, 0.1) is 0 Å². The zero-order chi connectivity index (χ0) is 31.5. The molecule has 0 aliphatic carbocycles. The molecule has 0 atom stereocenters. The van der Waals surface area contributed by atoms with Crippen LogP contribution in [0.3, 0.4) is 0 Å². The molecule has 0 bridgehead atoms. The Hall–Kier alpha value is -4.77. The van der Waals surface area contributed by atoms with Crippen molar-refractivity contribution >= 4 is 49.8 Å². The third-order valence-corrected chi connectivity index (χ3v) is 7.14. The highest BCUT2D eigenvalue weighted by Gasteiger charge is 2.22. The number of fused-ring (bicyclic) bond motifs is 1. The van der Waals surface area contributed by atoms with E-state index in [-0.39, 0.29) is 22.8 Å². The molecule has 0 heterocycles. The molecule has 4 aromatic rings. The van der Waals surface area contributed by atoms with Gasteiger partial charge in [-0.25, -0.2) is 13.2 Å². The Balaban J connectivity index is 1.64. The van der Waals surface area contributed by atoms with Gasteiger partial charge in [0.15, 0.2) is 5.75 Å². The molecule has 4 aromatic carbocycles. The maximum atomic E-state index is 13.3. The number of carbonyl (C=O) groups is 2. The zero-order valence-electron chi connectivity index (χ0n) is 25.2. The molecule has 3 amide bonds. The molecule has 0 aromatic heterocycles. The fourth-order valence-corrected chi connectivity index (χ4v) is 5.02. The van der Waals surface area contributed by atoms with E-state index in [1.54, 1.807) is 62.6 Å². The zero-order valence-corrected chi connectivity index (χ0v) is 26.0. The van der Waals surface area contributed by atoms with Crippen molar-refractivity contribution in [1.29, 1.82) is 0 Å². The van der Waals surface area contributed by atoms with E-state index in [0.29, 0.717) is 28.4 Å². The van der Waals surface area contributed by atoms with E-state index in [4.69, 9.17) is 9.47 Å². The number of nitrogens with one attached hydrogen (secondary N) is 3. The van der Waals surface area contributed by atoms with Crippen molar-refractivity contribution in [3.63, 3.8) is 0 Å². The molecular formula is C32H36N4O6S. The van der Waals surface area contributed by atoms with Crippen molar-refractivity contribution in [3.8, 4) is 17.2 Å². The second kappa shape index (κ2) is 12.2. The van der Waals surface area contributed by atoms with Crippen LogP contribution in [0.25, 0.3) is 10.8 Å². The lowest BCUT2D eigenvalue weighted by Crippen LogP contribution is -2.22. The minimum Gasteiger partial charge on any atom is -0.492 e. The predicted octanol–water partition coefficient (Wildman–Crippen LogP) is 6.66. The minimum absolute atomic E-state index is 0.134. The average Bonchev–Trinajstić information content (AvgIpc) is 2.92. The van der Waals surface area contributed by atoms with E-state index in [9.17, 15) is 18.0 Å². The Kier molecular flexibility index (Phi) is 8.86. The standard InChI is InChI=1S/C32H36N4O6S/c1-32(2,3)21-18-26(29(41-6)27(19-21)35-43(7,39)40)34-31(38)33-25-15-16-28(24-14-9-8-13-23(24)25)42-22-12-10-11-20(17-22)30(37)36(4)5/h8-19,35H,1-7H3,(H2,33,34,38). The molecule has 3 N–H and O–H groups in total. The first-order valence-corrected chi connectivity index (χ1v) is 15.3. The Labute approximate surface area is 252 Å². The van der Waals surface area contributed by atoms with Crippen LogP contribution in [0.4, 0.5) is 21.9 Å². The maximum Gasteiger partial charge on any atom is 0.323 e. The number of amides is 3. The van der Waals surface area contributed by atoms with Gasteiger partial charge in [-0.15, -0.1) is 0 Å². The highest BCUT2D eigenvalue weighted by atomic mass is 32.2. The van der Waals surface area contributed by atoms with E-state index in [1.165, 1.54) is 12.0 Å². The third kappa shape index (κ3) is 7.55. The fourth-order valence-electron chi connectivity index (χ4n) is 4.47. The summed E-state index contributed by atoms with van der Waals surface area (Å²) >= 11 is 0. The topological polar surface area (TPSA) is 126 Å². The molecule has 0 unspecified atom stereocenters. The van der Waals surface area contributed by atoms with Gasteiger partial charge in [0, 0.05) is 30.4 Å². The summed E-state index contributed by atoms with van der Waals surface area (Å²) in [7, 11) is 1.16. The number of ether oxygens (including phenoxy) is 2. The lowest BCUT2D eigenvalue weighted by Gasteiger charge is -2.24. The van der Waals surface area contributed by atoms with E-state index in [2.05, 4.69) is 15.4 Å². The van der Waals surface area contributed by atoms with E-state index >= 15 is 0 Å². The number of hydrogen-bond donors (Lipinski definition) is 3. The van der Waals surface area contributed by atoms with Crippen LogP contribution in [0.2, 0.25) is 0 Å². The molecule has 0 aliphatic heterocycles. The van der Waals surface area contributed by atoms with Gasteiger partial charge < -0.3 is 25.0 Å². The summed E-state index contributed by atoms with van der Waals surface area (Å²) in [5, 5.41) is 7.18.